The van der Waals surface area contributed by atoms with Gasteiger partial charge in [-0.2, -0.15) is 0 Å². The van der Waals surface area contributed by atoms with Gasteiger partial charge in [0.1, 0.15) is 5.60 Å². The Bertz CT molecular complexity index is 191. The molecule has 2 aliphatic heterocycles. The highest BCUT2D eigenvalue weighted by molar-refractivity contribution is 4.94. The number of hydrogen-bond acceptors (Lipinski definition) is 3. The largest absolute Gasteiger partial charge is 0.386 e. The van der Waals surface area contributed by atoms with Gasteiger partial charge in [-0.25, -0.2) is 0 Å². The molecule has 2 atom stereocenters. The predicted molar refractivity (Wildman–Crippen MR) is 50.6 cm³/mol. The molecule has 3 nitrogen and oxygen atoms in total. The Morgan fingerprint density at radius 2 is 2.15 bits per heavy atom. The second kappa shape index (κ2) is 3.23. The van der Waals surface area contributed by atoms with Crippen molar-refractivity contribution < 1.29 is 9.84 Å². The number of ether oxygens (including phenoxy) is 1. The monoisotopic (exact) mass is 185 g/mol. The summed E-state index contributed by atoms with van der Waals surface area (Å²) in [5.41, 5.74) is -0.583. The number of likely N-dealkylation sites (tertiary alicyclic amines) is 1. The minimum Gasteiger partial charge on any atom is -0.386 e. The van der Waals surface area contributed by atoms with E-state index in [1.165, 1.54) is 0 Å². The minimum absolute atomic E-state index is 0.00315. The van der Waals surface area contributed by atoms with Crippen molar-refractivity contribution in [2.24, 2.45) is 5.92 Å². The van der Waals surface area contributed by atoms with Gasteiger partial charge < -0.3 is 9.84 Å². The van der Waals surface area contributed by atoms with Crippen molar-refractivity contribution in [3.8, 4) is 0 Å². The summed E-state index contributed by atoms with van der Waals surface area (Å²) in [7, 11) is 0. The molecule has 1 N–H and O–H groups in total. The first kappa shape index (κ1) is 9.44. The lowest BCUT2D eigenvalue weighted by atomic mass is 9.92. The number of β-amino-alcohol motifs (C(OH)–C–C–N with tert-alkyl or cyclic N) is 1. The fraction of sp³-hybridized carbons (Fsp3) is 1.00. The molecule has 0 aliphatic carbocycles. The predicted octanol–water partition coefficient (Wildman–Crippen LogP) is 0.478. The van der Waals surface area contributed by atoms with Gasteiger partial charge in [0.2, 0.25) is 0 Å². The summed E-state index contributed by atoms with van der Waals surface area (Å²) in [6.07, 6.45) is 0.794. The average Bonchev–Trinajstić information content (AvgIpc) is 2.30. The van der Waals surface area contributed by atoms with Crippen molar-refractivity contribution in [2.75, 3.05) is 26.2 Å². The Balaban J connectivity index is 1.86. The zero-order chi connectivity index (χ0) is 9.47. The fourth-order valence-electron chi connectivity index (χ4n) is 2.32. The van der Waals surface area contributed by atoms with Gasteiger partial charge in [0, 0.05) is 32.7 Å². The van der Waals surface area contributed by atoms with Gasteiger partial charge in [0.05, 0.1) is 6.10 Å². The molecule has 0 bridgehead atoms. The molecule has 0 aromatic carbocycles. The van der Waals surface area contributed by atoms with Gasteiger partial charge in [-0.1, -0.05) is 6.92 Å². The molecule has 0 amide bonds. The maximum absolute atomic E-state index is 10.2. The van der Waals surface area contributed by atoms with Crippen molar-refractivity contribution in [1.29, 1.82) is 0 Å². The Morgan fingerprint density at radius 3 is 2.62 bits per heavy atom. The molecule has 0 aromatic rings. The number of aliphatic hydroxyl groups is 1. The quantitative estimate of drug-likeness (QED) is 0.679. The van der Waals surface area contributed by atoms with E-state index in [-0.39, 0.29) is 6.10 Å². The molecule has 0 radical (unpaired) electrons. The van der Waals surface area contributed by atoms with Crippen LogP contribution < -0.4 is 0 Å². The van der Waals surface area contributed by atoms with Gasteiger partial charge in [0.25, 0.3) is 0 Å². The Kier molecular flexibility index (Phi) is 2.34. The van der Waals surface area contributed by atoms with Crippen molar-refractivity contribution in [1.82, 2.24) is 4.90 Å². The molecule has 2 rings (SSSR count). The van der Waals surface area contributed by atoms with Crippen molar-refractivity contribution in [2.45, 2.75) is 32.0 Å². The summed E-state index contributed by atoms with van der Waals surface area (Å²) in [4.78, 5) is 2.32. The zero-order valence-electron chi connectivity index (χ0n) is 8.49. The van der Waals surface area contributed by atoms with Crippen LogP contribution in [0, 0.1) is 5.92 Å². The van der Waals surface area contributed by atoms with Crippen LogP contribution in [0.15, 0.2) is 0 Å². The van der Waals surface area contributed by atoms with Crippen LogP contribution >= 0.6 is 0 Å². The zero-order valence-corrected chi connectivity index (χ0v) is 8.49. The molecule has 2 heterocycles. The maximum Gasteiger partial charge on any atom is 0.105 e. The molecular formula is C10H19NO2. The van der Waals surface area contributed by atoms with Crippen LogP contribution in [0.5, 0.6) is 0 Å². The van der Waals surface area contributed by atoms with Gasteiger partial charge in [-0.15, -0.1) is 0 Å². The van der Waals surface area contributed by atoms with Crippen LogP contribution in [0.25, 0.3) is 0 Å². The summed E-state index contributed by atoms with van der Waals surface area (Å²) in [6, 6.07) is 0. The highest BCUT2D eigenvalue weighted by atomic mass is 16.5. The Labute approximate surface area is 79.7 Å². The molecule has 3 heteroatoms. The lowest BCUT2D eigenvalue weighted by Gasteiger charge is -2.42. The van der Waals surface area contributed by atoms with E-state index in [0.717, 1.165) is 32.0 Å². The molecule has 76 valence electrons. The molecule has 2 unspecified atom stereocenters. The molecule has 0 saturated carbocycles. The first-order valence-corrected chi connectivity index (χ1v) is 5.16. The highest BCUT2D eigenvalue weighted by Gasteiger charge is 2.42. The SMILES string of the molecule is CC1CN(CC2(O)CCOC2C)C1. The Morgan fingerprint density at radius 1 is 1.46 bits per heavy atom. The molecule has 2 saturated heterocycles. The van der Waals surface area contributed by atoms with E-state index in [1.807, 2.05) is 6.92 Å². The molecule has 2 fully saturated rings. The topological polar surface area (TPSA) is 32.7 Å². The van der Waals surface area contributed by atoms with E-state index in [1.54, 1.807) is 0 Å². The highest BCUT2D eigenvalue weighted by Crippen LogP contribution is 2.28. The summed E-state index contributed by atoms with van der Waals surface area (Å²) in [5.74, 6) is 0.807. The third-order valence-electron chi connectivity index (χ3n) is 3.30. The molecular weight excluding hydrogens is 166 g/mol. The summed E-state index contributed by atoms with van der Waals surface area (Å²) in [5, 5.41) is 10.2. The van der Waals surface area contributed by atoms with E-state index in [9.17, 15) is 5.11 Å². The third-order valence-corrected chi connectivity index (χ3v) is 3.30. The summed E-state index contributed by atoms with van der Waals surface area (Å²) >= 11 is 0. The van der Waals surface area contributed by atoms with Gasteiger partial charge >= 0.3 is 0 Å². The number of rotatable bonds is 2. The van der Waals surface area contributed by atoms with Crippen LogP contribution in [0.4, 0.5) is 0 Å². The summed E-state index contributed by atoms with van der Waals surface area (Å²) < 4.78 is 5.39. The minimum atomic E-state index is -0.583. The molecule has 2 aliphatic rings. The van der Waals surface area contributed by atoms with Crippen LogP contribution in [0.3, 0.4) is 0 Å². The smallest absolute Gasteiger partial charge is 0.105 e. The number of hydrogen-bond donors (Lipinski definition) is 1. The van der Waals surface area contributed by atoms with E-state index < -0.39 is 5.60 Å². The van der Waals surface area contributed by atoms with Crippen LogP contribution in [0.1, 0.15) is 20.3 Å². The van der Waals surface area contributed by atoms with Crippen LogP contribution in [-0.2, 0) is 4.74 Å². The molecule has 0 spiro atoms. The fourth-order valence-corrected chi connectivity index (χ4v) is 2.32. The third kappa shape index (κ3) is 1.73. The molecule has 13 heavy (non-hydrogen) atoms. The van der Waals surface area contributed by atoms with E-state index >= 15 is 0 Å². The maximum atomic E-state index is 10.2. The second-order valence-electron chi connectivity index (χ2n) is 4.67. The molecule has 0 aromatic heterocycles. The first-order chi connectivity index (χ1) is 6.10. The summed E-state index contributed by atoms with van der Waals surface area (Å²) in [6.45, 7) is 7.98. The second-order valence-corrected chi connectivity index (χ2v) is 4.67. The van der Waals surface area contributed by atoms with Crippen molar-refractivity contribution in [3.05, 3.63) is 0 Å². The number of nitrogens with zero attached hydrogens (tertiary/aromatic N) is 1. The normalized spacial score (nSPS) is 42.2. The van der Waals surface area contributed by atoms with E-state index in [2.05, 4.69) is 11.8 Å². The van der Waals surface area contributed by atoms with Gasteiger partial charge in [0.15, 0.2) is 0 Å². The van der Waals surface area contributed by atoms with Gasteiger partial charge in [-0.05, 0) is 12.8 Å². The average molecular weight is 185 g/mol. The van der Waals surface area contributed by atoms with Crippen LogP contribution in [-0.4, -0.2) is 48.0 Å². The standard InChI is InChI=1S/C10H19NO2/c1-8-5-11(6-8)7-10(12)3-4-13-9(10)2/h8-9,12H,3-7H2,1-2H3. The van der Waals surface area contributed by atoms with Crippen LogP contribution in [0.2, 0.25) is 0 Å². The Hall–Kier alpha value is -0.120. The van der Waals surface area contributed by atoms with E-state index in [0.29, 0.717) is 6.61 Å². The van der Waals surface area contributed by atoms with Gasteiger partial charge in [-0.3, -0.25) is 4.90 Å². The lowest BCUT2D eigenvalue weighted by Crippen LogP contribution is -2.55. The first-order valence-electron chi connectivity index (χ1n) is 5.16. The van der Waals surface area contributed by atoms with Crippen molar-refractivity contribution in [3.63, 3.8) is 0 Å². The van der Waals surface area contributed by atoms with E-state index in [4.69, 9.17) is 4.74 Å². The lowest BCUT2D eigenvalue weighted by molar-refractivity contribution is -0.0670. The van der Waals surface area contributed by atoms with Crippen molar-refractivity contribution >= 4 is 0 Å².